The summed E-state index contributed by atoms with van der Waals surface area (Å²) in [4.78, 5) is 24.7. The van der Waals surface area contributed by atoms with E-state index in [0.29, 0.717) is 23.6 Å². The zero-order valence-corrected chi connectivity index (χ0v) is 13.6. The van der Waals surface area contributed by atoms with Crippen LogP contribution in [-0.4, -0.2) is 27.4 Å². The van der Waals surface area contributed by atoms with Crippen LogP contribution in [0.1, 0.15) is 15.4 Å². The molecule has 3 aromatic heterocycles. The van der Waals surface area contributed by atoms with E-state index in [1.165, 1.54) is 12.4 Å². The maximum atomic E-state index is 12.0. The molecule has 0 radical (unpaired) electrons. The number of aromatic nitrogens is 3. The Hall–Kier alpha value is -2.31. The van der Waals surface area contributed by atoms with Crippen LogP contribution in [0.5, 0.6) is 0 Å². The average Bonchev–Trinajstić information content (AvgIpc) is 3.04. The monoisotopic (exact) mass is 344 g/mol. The van der Waals surface area contributed by atoms with E-state index in [-0.39, 0.29) is 5.91 Å². The zero-order valence-electron chi connectivity index (χ0n) is 12.1. The van der Waals surface area contributed by atoms with Gasteiger partial charge in [-0.2, -0.15) is 0 Å². The highest BCUT2D eigenvalue weighted by atomic mass is 35.5. The first-order valence-corrected chi connectivity index (χ1v) is 8.23. The smallest absolute Gasteiger partial charge is 0.252 e. The summed E-state index contributed by atoms with van der Waals surface area (Å²) in [7, 11) is 0. The third-order valence-electron chi connectivity index (χ3n) is 3.07. The van der Waals surface area contributed by atoms with Crippen molar-refractivity contribution < 1.29 is 4.79 Å². The Morgan fingerprint density at radius 1 is 1.26 bits per heavy atom. The minimum absolute atomic E-state index is 0.193. The number of nitrogens with zero attached hydrogens (tertiary/aromatic N) is 3. The maximum absolute atomic E-state index is 12.0. The van der Waals surface area contributed by atoms with Crippen LogP contribution in [0, 0.1) is 0 Å². The fraction of sp³-hybridized carbons (Fsp3) is 0.125. The summed E-state index contributed by atoms with van der Waals surface area (Å²) in [5.41, 5.74) is 2.16. The van der Waals surface area contributed by atoms with Gasteiger partial charge in [0.25, 0.3) is 5.91 Å². The van der Waals surface area contributed by atoms with Crippen LogP contribution in [0.4, 0.5) is 0 Å². The highest BCUT2D eigenvalue weighted by molar-refractivity contribution is 7.09. The maximum Gasteiger partial charge on any atom is 0.252 e. The summed E-state index contributed by atoms with van der Waals surface area (Å²) >= 11 is 7.38. The van der Waals surface area contributed by atoms with E-state index in [0.717, 1.165) is 16.4 Å². The fourth-order valence-corrected chi connectivity index (χ4v) is 2.94. The first-order chi connectivity index (χ1) is 11.2. The normalized spacial score (nSPS) is 10.5. The standard InChI is InChI=1S/C16H13ClN4OS/c17-12-7-11(8-18-9-12)16(22)20-6-4-15-21-14(10-23-15)13-3-1-2-5-19-13/h1-3,5,7-10H,4,6H2,(H,20,22). The molecule has 1 amide bonds. The van der Waals surface area contributed by atoms with Crippen molar-refractivity contribution in [1.29, 1.82) is 0 Å². The number of carbonyl (C=O) groups is 1. The summed E-state index contributed by atoms with van der Waals surface area (Å²) < 4.78 is 0. The predicted octanol–water partition coefficient (Wildman–Crippen LogP) is 3.23. The molecule has 0 spiro atoms. The minimum Gasteiger partial charge on any atom is -0.352 e. The minimum atomic E-state index is -0.193. The summed E-state index contributed by atoms with van der Waals surface area (Å²) in [6.45, 7) is 0.501. The van der Waals surface area contributed by atoms with Gasteiger partial charge in [-0.1, -0.05) is 17.7 Å². The van der Waals surface area contributed by atoms with E-state index in [1.54, 1.807) is 23.6 Å². The number of thiazole rings is 1. The van der Waals surface area contributed by atoms with Crippen LogP contribution >= 0.6 is 22.9 Å². The third-order valence-corrected chi connectivity index (χ3v) is 4.19. The lowest BCUT2D eigenvalue weighted by atomic mass is 10.2. The molecule has 0 saturated heterocycles. The van der Waals surface area contributed by atoms with Crippen molar-refractivity contribution in [3.05, 3.63) is 63.8 Å². The van der Waals surface area contributed by atoms with Gasteiger partial charge in [-0.15, -0.1) is 11.3 Å². The van der Waals surface area contributed by atoms with Crippen molar-refractivity contribution >= 4 is 28.8 Å². The largest absolute Gasteiger partial charge is 0.352 e. The molecule has 1 N–H and O–H groups in total. The molecule has 23 heavy (non-hydrogen) atoms. The van der Waals surface area contributed by atoms with Crippen LogP contribution < -0.4 is 5.32 Å². The van der Waals surface area contributed by atoms with Crippen LogP contribution in [0.2, 0.25) is 5.02 Å². The Bertz CT molecular complexity index is 807. The van der Waals surface area contributed by atoms with Crippen molar-refractivity contribution in [2.45, 2.75) is 6.42 Å². The van der Waals surface area contributed by atoms with E-state index < -0.39 is 0 Å². The highest BCUT2D eigenvalue weighted by Gasteiger charge is 2.08. The van der Waals surface area contributed by atoms with Gasteiger partial charge >= 0.3 is 0 Å². The molecule has 0 saturated carbocycles. The molecule has 0 aliphatic rings. The molecule has 7 heteroatoms. The topological polar surface area (TPSA) is 67.8 Å². The average molecular weight is 345 g/mol. The van der Waals surface area contributed by atoms with Gasteiger partial charge in [-0.25, -0.2) is 4.98 Å². The Labute approximate surface area is 142 Å². The molecular weight excluding hydrogens is 332 g/mol. The molecule has 3 aromatic rings. The number of halogens is 1. The summed E-state index contributed by atoms with van der Waals surface area (Å²) in [5.74, 6) is -0.193. The van der Waals surface area contributed by atoms with Crippen LogP contribution in [0.25, 0.3) is 11.4 Å². The van der Waals surface area contributed by atoms with E-state index in [2.05, 4.69) is 20.3 Å². The van der Waals surface area contributed by atoms with Crippen molar-refractivity contribution in [3.63, 3.8) is 0 Å². The Balaban J connectivity index is 1.55. The van der Waals surface area contributed by atoms with Gasteiger partial charge in [-0.3, -0.25) is 14.8 Å². The van der Waals surface area contributed by atoms with E-state index >= 15 is 0 Å². The molecule has 5 nitrogen and oxygen atoms in total. The molecule has 3 heterocycles. The van der Waals surface area contributed by atoms with Crippen molar-refractivity contribution in [2.24, 2.45) is 0 Å². The first-order valence-electron chi connectivity index (χ1n) is 6.97. The van der Waals surface area contributed by atoms with E-state index in [4.69, 9.17) is 11.6 Å². The zero-order chi connectivity index (χ0) is 16.1. The molecule has 0 fully saturated rings. The van der Waals surface area contributed by atoms with E-state index in [1.807, 2.05) is 23.6 Å². The van der Waals surface area contributed by atoms with Gasteiger partial charge in [0.2, 0.25) is 0 Å². The molecule has 0 aromatic carbocycles. The summed E-state index contributed by atoms with van der Waals surface area (Å²) in [6.07, 6.45) is 5.39. The molecule has 0 aliphatic carbocycles. The number of pyridine rings is 2. The SMILES string of the molecule is O=C(NCCc1nc(-c2ccccn2)cs1)c1cncc(Cl)c1. The fourth-order valence-electron chi connectivity index (χ4n) is 1.98. The number of carbonyl (C=O) groups excluding carboxylic acids is 1. The van der Waals surface area contributed by atoms with Gasteiger partial charge < -0.3 is 5.32 Å². The van der Waals surface area contributed by atoms with Gasteiger partial charge in [0, 0.05) is 36.9 Å². The van der Waals surface area contributed by atoms with Crippen molar-refractivity contribution in [1.82, 2.24) is 20.3 Å². The summed E-state index contributed by atoms with van der Waals surface area (Å²) in [5, 5.41) is 6.21. The second-order valence-electron chi connectivity index (χ2n) is 4.74. The Morgan fingerprint density at radius 2 is 2.17 bits per heavy atom. The number of nitrogens with one attached hydrogen (secondary N) is 1. The Kier molecular flexibility index (Phi) is 4.95. The molecule has 0 bridgehead atoms. The Morgan fingerprint density at radius 3 is 2.96 bits per heavy atom. The van der Waals surface area contributed by atoms with Crippen LogP contribution in [-0.2, 0) is 6.42 Å². The third kappa shape index (κ3) is 4.12. The van der Waals surface area contributed by atoms with Crippen molar-refractivity contribution in [3.8, 4) is 11.4 Å². The molecule has 0 aliphatic heterocycles. The van der Waals surface area contributed by atoms with E-state index in [9.17, 15) is 4.79 Å². The number of hydrogen-bond acceptors (Lipinski definition) is 5. The molecule has 116 valence electrons. The van der Waals surface area contributed by atoms with Crippen LogP contribution in [0.3, 0.4) is 0 Å². The first kappa shape index (κ1) is 15.6. The summed E-state index contributed by atoms with van der Waals surface area (Å²) in [6, 6.07) is 7.32. The molecule has 0 unspecified atom stereocenters. The molecule has 0 atom stereocenters. The number of rotatable bonds is 5. The lowest BCUT2D eigenvalue weighted by molar-refractivity contribution is 0.0954. The second kappa shape index (κ2) is 7.30. The lowest BCUT2D eigenvalue weighted by Crippen LogP contribution is -2.25. The highest BCUT2D eigenvalue weighted by Crippen LogP contribution is 2.19. The van der Waals surface area contributed by atoms with Crippen LogP contribution in [0.15, 0.2) is 48.2 Å². The van der Waals surface area contributed by atoms with Gasteiger partial charge in [0.05, 0.1) is 27.0 Å². The second-order valence-corrected chi connectivity index (χ2v) is 6.12. The number of hydrogen-bond donors (Lipinski definition) is 1. The van der Waals surface area contributed by atoms with Crippen molar-refractivity contribution in [2.75, 3.05) is 6.54 Å². The predicted molar refractivity (Wildman–Crippen MR) is 90.6 cm³/mol. The lowest BCUT2D eigenvalue weighted by Gasteiger charge is -2.03. The van der Waals surface area contributed by atoms with Gasteiger partial charge in [-0.05, 0) is 18.2 Å². The molecular formula is C16H13ClN4OS. The van der Waals surface area contributed by atoms with Gasteiger partial charge in [0.1, 0.15) is 0 Å². The van der Waals surface area contributed by atoms with Gasteiger partial charge in [0.15, 0.2) is 0 Å². The quantitative estimate of drug-likeness (QED) is 0.771. The number of amides is 1. The molecule has 3 rings (SSSR count).